The molecule has 94 valence electrons. The molecular weight excluding hydrogens is 217 g/mol. The Bertz CT molecular complexity index is 386. The Hall–Kier alpha value is -0.930. The Balaban J connectivity index is 2.17. The number of piperidine rings is 1. The molecule has 1 aliphatic rings. The molecule has 1 fully saturated rings. The molecule has 1 heterocycles. The van der Waals surface area contributed by atoms with Gasteiger partial charge in [0.25, 0.3) is 0 Å². The molecule has 0 saturated carbocycles. The summed E-state index contributed by atoms with van der Waals surface area (Å²) in [7, 11) is 0. The van der Waals surface area contributed by atoms with Gasteiger partial charge in [-0.3, -0.25) is 0 Å². The average Bonchev–Trinajstić information content (AvgIpc) is 2.34. The van der Waals surface area contributed by atoms with E-state index in [9.17, 15) is 9.50 Å². The fourth-order valence-corrected chi connectivity index (χ4v) is 2.63. The van der Waals surface area contributed by atoms with Crippen LogP contribution >= 0.6 is 0 Å². The third-order valence-corrected chi connectivity index (χ3v) is 3.77. The predicted molar refractivity (Wildman–Crippen MR) is 66.5 cm³/mol. The van der Waals surface area contributed by atoms with E-state index in [-0.39, 0.29) is 17.8 Å². The van der Waals surface area contributed by atoms with E-state index in [0.29, 0.717) is 0 Å². The Morgan fingerprint density at radius 1 is 1.47 bits per heavy atom. The van der Waals surface area contributed by atoms with Crippen LogP contribution in [0.2, 0.25) is 0 Å². The zero-order valence-electron chi connectivity index (χ0n) is 10.3. The lowest BCUT2D eigenvalue weighted by Gasteiger charge is -2.36. The lowest BCUT2D eigenvalue weighted by molar-refractivity contribution is 0.0946. The molecule has 0 radical (unpaired) electrons. The van der Waals surface area contributed by atoms with Gasteiger partial charge in [0, 0.05) is 12.0 Å². The van der Waals surface area contributed by atoms with E-state index in [1.165, 1.54) is 6.07 Å². The highest BCUT2D eigenvalue weighted by Gasteiger charge is 2.31. The molecule has 3 heteroatoms. The number of nitrogens with one attached hydrogen (secondary N) is 1. The number of aliphatic hydroxyl groups is 1. The van der Waals surface area contributed by atoms with Crippen LogP contribution in [0.5, 0.6) is 0 Å². The number of halogens is 1. The Morgan fingerprint density at radius 2 is 2.29 bits per heavy atom. The average molecular weight is 237 g/mol. The van der Waals surface area contributed by atoms with E-state index in [1.54, 1.807) is 6.07 Å². The molecule has 0 amide bonds. The van der Waals surface area contributed by atoms with Gasteiger partial charge in [-0.15, -0.1) is 0 Å². The first-order valence-electron chi connectivity index (χ1n) is 6.22. The van der Waals surface area contributed by atoms with Crippen molar-refractivity contribution in [3.8, 4) is 0 Å². The van der Waals surface area contributed by atoms with Crippen molar-refractivity contribution in [1.82, 2.24) is 5.32 Å². The summed E-state index contributed by atoms with van der Waals surface area (Å²) < 4.78 is 13.0. The highest BCUT2D eigenvalue weighted by molar-refractivity contribution is 5.28. The number of benzene rings is 1. The molecule has 1 unspecified atom stereocenters. The van der Waals surface area contributed by atoms with Crippen LogP contribution in [0, 0.1) is 18.2 Å². The first-order chi connectivity index (χ1) is 8.15. The number of hydrogen-bond donors (Lipinski definition) is 2. The van der Waals surface area contributed by atoms with Crippen molar-refractivity contribution in [2.75, 3.05) is 19.7 Å². The third-order valence-electron chi connectivity index (χ3n) is 3.77. The molecule has 1 saturated heterocycles. The molecule has 0 aromatic heterocycles. The van der Waals surface area contributed by atoms with Gasteiger partial charge in [0.15, 0.2) is 0 Å². The summed E-state index contributed by atoms with van der Waals surface area (Å²) in [6, 6.07) is 4.91. The van der Waals surface area contributed by atoms with E-state index >= 15 is 0 Å². The molecule has 2 rings (SSSR count). The Morgan fingerprint density at radius 3 is 2.88 bits per heavy atom. The standard InChI is InChI=1S/C14H20FNO/c1-11-7-13(15)4-3-12(11)8-14(10-17)5-2-6-16-9-14/h3-4,7,16-17H,2,5-6,8-10H2,1H3. The number of rotatable bonds is 3. The molecule has 1 aromatic rings. The second kappa shape index (κ2) is 5.15. The maximum atomic E-state index is 13.0. The van der Waals surface area contributed by atoms with Crippen molar-refractivity contribution in [2.24, 2.45) is 5.41 Å². The van der Waals surface area contributed by atoms with Gasteiger partial charge < -0.3 is 10.4 Å². The first kappa shape index (κ1) is 12.5. The van der Waals surface area contributed by atoms with Gasteiger partial charge in [-0.25, -0.2) is 4.39 Å². The van der Waals surface area contributed by atoms with Crippen molar-refractivity contribution in [3.05, 3.63) is 35.1 Å². The summed E-state index contributed by atoms with van der Waals surface area (Å²) in [5.74, 6) is -0.189. The molecule has 1 aromatic carbocycles. The largest absolute Gasteiger partial charge is 0.396 e. The third kappa shape index (κ3) is 2.85. The normalized spacial score (nSPS) is 24.9. The van der Waals surface area contributed by atoms with Crippen LogP contribution in [0.4, 0.5) is 4.39 Å². The quantitative estimate of drug-likeness (QED) is 0.843. The maximum Gasteiger partial charge on any atom is 0.123 e. The maximum absolute atomic E-state index is 13.0. The molecule has 1 atom stereocenters. The summed E-state index contributed by atoms with van der Waals surface area (Å²) in [6.45, 7) is 4.00. The SMILES string of the molecule is Cc1cc(F)ccc1CC1(CO)CCCNC1. The lowest BCUT2D eigenvalue weighted by Crippen LogP contribution is -2.44. The van der Waals surface area contributed by atoms with Crippen molar-refractivity contribution >= 4 is 0 Å². The van der Waals surface area contributed by atoms with E-state index in [4.69, 9.17) is 0 Å². The molecule has 0 bridgehead atoms. The van der Waals surface area contributed by atoms with E-state index in [1.807, 2.05) is 13.0 Å². The van der Waals surface area contributed by atoms with Crippen LogP contribution in [-0.4, -0.2) is 24.8 Å². The summed E-state index contributed by atoms with van der Waals surface area (Å²) >= 11 is 0. The molecule has 0 spiro atoms. The second-order valence-electron chi connectivity index (χ2n) is 5.19. The Labute approximate surface area is 102 Å². The number of aliphatic hydroxyl groups excluding tert-OH is 1. The summed E-state index contributed by atoms with van der Waals surface area (Å²) in [6.07, 6.45) is 2.96. The lowest BCUT2D eigenvalue weighted by atomic mass is 9.76. The van der Waals surface area contributed by atoms with E-state index in [2.05, 4.69) is 5.32 Å². The van der Waals surface area contributed by atoms with Gasteiger partial charge >= 0.3 is 0 Å². The fraction of sp³-hybridized carbons (Fsp3) is 0.571. The fourth-order valence-electron chi connectivity index (χ4n) is 2.63. The van der Waals surface area contributed by atoms with Crippen molar-refractivity contribution in [3.63, 3.8) is 0 Å². The van der Waals surface area contributed by atoms with Crippen LogP contribution in [0.1, 0.15) is 24.0 Å². The van der Waals surface area contributed by atoms with E-state index in [0.717, 1.165) is 43.5 Å². The minimum atomic E-state index is -0.189. The van der Waals surface area contributed by atoms with Crippen molar-refractivity contribution in [1.29, 1.82) is 0 Å². The molecule has 2 N–H and O–H groups in total. The summed E-state index contributed by atoms with van der Waals surface area (Å²) in [5, 5.41) is 13.0. The number of hydrogen-bond acceptors (Lipinski definition) is 2. The monoisotopic (exact) mass is 237 g/mol. The van der Waals surface area contributed by atoms with Gasteiger partial charge in [-0.2, -0.15) is 0 Å². The number of aryl methyl sites for hydroxylation is 1. The van der Waals surface area contributed by atoms with Gasteiger partial charge in [0.2, 0.25) is 0 Å². The highest BCUT2D eigenvalue weighted by Crippen LogP contribution is 2.31. The minimum absolute atomic E-state index is 0.0686. The predicted octanol–water partition coefficient (Wildman–Crippen LogP) is 2.04. The molecule has 1 aliphatic heterocycles. The Kier molecular flexibility index (Phi) is 3.79. The van der Waals surface area contributed by atoms with Crippen LogP contribution in [0.15, 0.2) is 18.2 Å². The molecule has 2 nitrogen and oxygen atoms in total. The summed E-state index contributed by atoms with van der Waals surface area (Å²) in [5.41, 5.74) is 2.05. The summed E-state index contributed by atoms with van der Waals surface area (Å²) in [4.78, 5) is 0. The van der Waals surface area contributed by atoms with Crippen molar-refractivity contribution < 1.29 is 9.50 Å². The molecule has 0 aliphatic carbocycles. The van der Waals surface area contributed by atoms with Crippen LogP contribution in [0.3, 0.4) is 0 Å². The molecular formula is C14H20FNO. The first-order valence-corrected chi connectivity index (χ1v) is 6.22. The second-order valence-corrected chi connectivity index (χ2v) is 5.19. The van der Waals surface area contributed by atoms with Gasteiger partial charge in [0.05, 0.1) is 6.61 Å². The zero-order valence-corrected chi connectivity index (χ0v) is 10.3. The van der Waals surface area contributed by atoms with Gasteiger partial charge in [-0.05, 0) is 56.0 Å². The van der Waals surface area contributed by atoms with E-state index < -0.39 is 0 Å². The minimum Gasteiger partial charge on any atom is -0.396 e. The molecule has 17 heavy (non-hydrogen) atoms. The highest BCUT2D eigenvalue weighted by atomic mass is 19.1. The van der Waals surface area contributed by atoms with Crippen LogP contribution in [-0.2, 0) is 6.42 Å². The zero-order chi connectivity index (χ0) is 12.3. The van der Waals surface area contributed by atoms with Gasteiger partial charge in [0.1, 0.15) is 5.82 Å². The smallest absolute Gasteiger partial charge is 0.123 e. The van der Waals surface area contributed by atoms with Gasteiger partial charge in [-0.1, -0.05) is 6.07 Å². The van der Waals surface area contributed by atoms with Crippen molar-refractivity contribution in [2.45, 2.75) is 26.2 Å². The van der Waals surface area contributed by atoms with Crippen LogP contribution < -0.4 is 5.32 Å². The topological polar surface area (TPSA) is 32.3 Å². The van der Waals surface area contributed by atoms with Crippen LogP contribution in [0.25, 0.3) is 0 Å².